The summed E-state index contributed by atoms with van der Waals surface area (Å²) in [6, 6.07) is 10.9. The van der Waals surface area contributed by atoms with E-state index in [1.807, 2.05) is 11.0 Å². The van der Waals surface area contributed by atoms with Crippen LogP contribution in [-0.4, -0.2) is 53.5 Å². The maximum atomic E-state index is 13.1. The van der Waals surface area contributed by atoms with Gasteiger partial charge in [-0.2, -0.15) is 0 Å². The van der Waals surface area contributed by atoms with Gasteiger partial charge in [0.1, 0.15) is 0 Å². The van der Waals surface area contributed by atoms with Crippen molar-refractivity contribution in [3.05, 3.63) is 52.8 Å². The predicted molar refractivity (Wildman–Crippen MR) is 103 cm³/mol. The minimum Gasteiger partial charge on any atom is -0.337 e. The molecule has 0 saturated carbocycles. The summed E-state index contributed by atoms with van der Waals surface area (Å²) in [5, 5.41) is 0. The number of hydrogen-bond acceptors (Lipinski definition) is 2. The van der Waals surface area contributed by atoms with Crippen molar-refractivity contribution < 1.29 is 4.79 Å². The van der Waals surface area contributed by atoms with Crippen molar-refractivity contribution in [2.75, 3.05) is 27.2 Å². The van der Waals surface area contributed by atoms with E-state index in [4.69, 9.17) is 0 Å². The summed E-state index contributed by atoms with van der Waals surface area (Å²) in [6.45, 7) is 7.90. The van der Waals surface area contributed by atoms with E-state index >= 15 is 0 Å². The molecule has 0 bridgehead atoms. The van der Waals surface area contributed by atoms with Crippen LogP contribution in [-0.2, 0) is 0 Å². The number of hydrogen-bond donors (Lipinski definition) is 0. The van der Waals surface area contributed by atoms with Crippen molar-refractivity contribution in [2.45, 2.75) is 39.7 Å². The molecule has 1 atom stereocenters. The van der Waals surface area contributed by atoms with Gasteiger partial charge in [0.2, 0.25) is 0 Å². The van der Waals surface area contributed by atoms with Gasteiger partial charge in [-0.25, -0.2) is 0 Å². The largest absolute Gasteiger partial charge is 0.337 e. The third kappa shape index (κ3) is 3.49. The standard InChI is InChI=1S/C21H29N3O/c1-15-8-6-9-18(12-15)24-16(2)13-20(17(24)3)21(25)23-11-7-10-19(14-23)22(4)5/h6,8-9,12-13,19H,7,10-11,14H2,1-5H3. The lowest BCUT2D eigenvalue weighted by atomic mass is 10.0. The molecule has 1 fully saturated rings. The molecule has 1 aliphatic heterocycles. The maximum Gasteiger partial charge on any atom is 0.255 e. The second-order valence-corrected chi connectivity index (χ2v) is 7.47. The molecule has 4 heteroatoms. The molecule has 0 radical (unpaired) electrons. The molecule has 0 N–H and O–H groups in total. The average Bonchev–Trinajstić information content (AvgIpc) is 2.88. The minimum atomic E-state index is 0.165. The van der Waals surface area contributed by atoms with Gasteiger partial charge in [-0.3, -0.25) is 4.79 Å². The second-order valence-electron chi connectivity index (χ2n) is 7.47. The SMILES string of the molecule is Cc1cccc(-n2c(C)cc(C(=O)N3CCCC(N(C)C)C3)c2C)c1. The number of piperidine rings is 1. The molecule has 0 spiro atoms. The average molecular weight is 339 g/mol. The van der Waals surface area contributed by atoms with Crippen LogP contribution in [0.4, 0.5) is 0 Å². The molecule has 25 heavy (non-hydrogen) atoms. The molecule has 134 valence electrons. The zero-order chi connectivity index (χ0) is 18.1. The number of rotatable bonds is 3. The molecule has 1 saturated heterocycles. The highest BCUT2D eigenvalue weighted by molar-refractivity contribution is 5.96. The first-order chi connectivity index (χ1) is 11.9. The van der Waals surface area contributed by atoms with Gasteiger partial charge in [0.15, 0.2) is 0 Å². The Hall–Kier alpha value is -2.07. The number of carbonyl (C=O) groups is 1. The Morgan fingerprint density at radius 3 is 2.60 bits per heavy atom. The van der Waals surface area contributed by atoms with E-state index in [9.17, 15) is 4.79 Å². The molecule has 3 rings (SSSR count). The van der Waals surface area contributed by atoms with E-state index in [1.165, 1.54) is 12.0 Å². The van der Waals surface area contributed by atoms with E-state index in [-0.39, 0.29) is 5.91 Å². The Kier molecular flexibility index (Phi) is 5.00. The number of likely N-dealkylation sites (tertiary alicyclic amines) is 1. The van der Waals surface area contributed by atoms with Gasteiger partial charge < -0.3 is 14.4 Å². The Balaban J connectivity index is 1.91. The van der Waals surface area contributed by atoms with Crippen LogP contribution in [0.2, 0.25) is 0 Å². The minimum absolute atomic E-state index is 0.165. The van der Waals surface area contributed by atoms with Crippen LogP contribution < -0.4 is 0 Å². The van der Waals surface area contributed by atoms with Gasteiger partial charge >= 0.3 is 0 Å². The van der Waals surface area contributed by atoms with Crippen LogP contribution in [0.3, 0.4) is 0 Å². The maximum absolute atomic E-state index is 13.1. The zero-order valence-electron chi connectivity index (χ0n) is 16.0. The van der Waals surface area contributed by atoms with Crippen LogP contribution in [0, 0.1) is 20.8 Å². The van der Waals surface area contributed by atoms with E-state index in [0.29, 0.717) is 6.04 Å². The number of amides is 1. The van der Waals surface area contributed by atoms with Crippen molar-refractivity contribution >= 4 is 5.91 Å². The summed E-state index contributed by atoms with van der Waals surface area (Å²) in [7, 11) is 4.20. The second kappa shape index (κ2) is 7.04. The van der Waals surface area contributed by atoms with Gasteiger partial charge in [-0.1, -0.05) is 12.1 Å². The Morgan fingerprint density at radius 1 is 1.16 bits per heavy atom. The van der Waals surface area contributed by atoms with E-state index in [2.05, 4.69) is 68.6 Å². The van der Waals surface area contributed by atoms with Gasteiger partial charge in [-0.15, -0.1) is 0 Å². The molecule has 0 aliphatic carbocycles. The zero-order valence-corrected chi connectivity index (χ0v) is 16.0. The van der Waals surface area contributed by atoms with Gasteiger partial charge in [0.05, 0.1) is 5.56 Å². The first-order valence-corrected chi connectivity index (χ1v) is 9.10. The number of carbonyl (C=O) groups excluding carboxylic acids is 1. The number of aromatic nitrogens is 1. The number of nitrogens with zero attached hydrogens (tertiary/aromatic N) is 3. The summed E-state index contributed by atoms with van der Waals surface area (Å²) < 4.78 is 2.19. The van der Waals surface area contributed by atoms with Gasteiger partial charge in [-0.05, 0) is 71.5 Å². The molecular formula is C21H29N3O. The lowest BCUT2D eigenvalue weighted by Crippen LogP contribution is -2.47. The molecule has 1 amide bonds. The normalized spacial score (nSPS) is 18.0. The Morgan fingerprint density at radius 2 is 1.92 bits per heavy atom. The molecule has 2 aromatic rings. The summed E-state index contributed by atoms with van der Waals surface area (Å²) in [4.78, 5) is 17.4. The van der Waals surface area contributed by atoms with Crippen LogP contribution in [0.5, 0.6) is 0 Å². The number of benzene rings is 1. The van der Waals surface area contributed by atoms with Gasteiger partial charge in [0, 0.05) is 36.2 Å². The molecular weight excluding hydrogens is 310 g/mol. The van der Waals surface area contributed by atoms with Gasteiger partial charge in [0.25, 0.3) is 5.91 Å². The van der Waals surface area contributed by atoms with Crippen molar-refractivity contribution in [3.8, 4) is 5.69 Å². The molecule has 1 unspecified atom stereocenters. The first kappa shape index (κ1) is 17.7. The quantitative estimate of drug-likeness (QED) is 0.855. The number of likely N-dealkylation sites (N-methyl/N-ethyl adjacent to an activating group) is 1. The molecule has 2 heterocycles. The molecule has 1 aromatic heterocycles. The van der Waals surface area contributed by atoms with Crippen molar-refractivity contribution in [1.82, 2.24) is 14.4 Å². The smallest absolute Gasteiger partial charge is 0.255 e. The lowest BCUT2D eigenvalue weighted by Gasteiger charge is -2.36. The topological polar surface area (TPSA) is 28.5 Å². The third-order valence-electron chi connectivity index (χ3n) is 5.34. The Bertz CT molecular complexity index is 775. The van der Waals surface area contributed by atoms with E-state index in [0.717, 1.165) is 42.1 Å². The first-order valence-electron chi connectivity index (χ1n) is 9.10. The predicted octanol–water partition coefficient (Wildman–Crippen LogP) is 3.57. The summed E-state index contributed by atoms with van der Waals surface area (Å²) >= 11 is 0. The van der Waals surface area contributed by atoms with Crippen LogP contribution in [0.25, 0.3) is 5.69 Å². The monoisotopic (exact) mass is 339 g/mol. The fourth-order valence-corrected chi connectivity index (χ4v) is 3.87. The molecule has 1 aromatic carbocycles. The summed E-state index contributed by atoms with van der Waals surface area (Å²) in [5.41, 5.74) is 5.31. The highest BCUT2D eigenvalue weighted by atomic mass is 16.2. The summed E-state index contributed by atoms with van der Waals surface area (Å²) in [5.74, 6) is 0.165. The summed E-state index contributed by atoms with van der Waals surface area (Å²) in [6.07, 6.45) is 2.24. The van der Waals surface area contributed by atoms with Crippen LogP contribution in [0.1, 0.15) is 40.2 Å². The van der Waals surface area contributed by atoms with Crippen LogP contribution >= 0.6 is 0 Å². The lowest BCUT2D eigenvalue weighted by molar-refractivity contribution is 0.0634. The Labute approximate surface area is 151 Å². The fraction of sp³-hybridized carbons (Fsp3) is 0.476. The van der Waals surface area contributed by atoms with Crippen molar-refractivity contribution in [1.29, 1.82) is 0 Å². The van der Waals surface area contributed by atoms with E-state index < -0.39 is 0 Å². The van der Waals surface area contributed by atoms with E-state index in [1.54, 1.807) is 0 Å². The van der Waals surface area contributed by atoms with Crippen molar-refractivity contribution in [3.63, 3.8) is 0 Å². The van der Waals surface area contributed by atoms with Crippen LogP contribution in [0.15, 0.2) is 30.3 Å². The molecule has 4 nitrogen and oxygen atoms in total. The molecule has 1 aliphatic rings. The van der Waals surface area contributed by atoms with Crippen molar-refractivity contribution in [2.24, 2.45) is 0 Å². The third-order valence-corrected chi connectivity index (χ3v) is 5.34. The highest BCUT2D eigenvalue weighted by Crippen LogP contribution is 2.24. The fourth-order valence-electron chi connectivity index (χ4n) is 3.87. The highest BCUT2D eigenvalue weighted by Gasteiger charge is 2.27. The number of aryl methyl sites for hydroxylation is 2.